The van der Waals surface area contributed by atoms with Crippen molar-refractivity contribution in [2.75, 3.05) is 50.9 Å². The van der Waals surface area contributed by atoms with Crippen molar-refractivity contribution in [2.24, 2.45) is 5.92 Å². The molecule has 1 amide bonds. The summed E-state index contributed by atoms with van der Waals surface area (Å²) >= 11 is 7.73. The van der Waals surface area contributed by atoms with E-state index in [9.17, 15) is 9.59 Å². The third kappa shape index (κ3) is 6.40. The molecule has 3 heterocycles. The monoisotopic (exact) mass is 504 g/mol. The van der Waals surface area contributed by atoms with Gasteiger partial charge in [0.25, 0.3) is 5.91 Å². The summed E-state index contributed by atoms with van der Waals surface area (Å²) in [6.45, 7) is 6.08. The highest BCUT2D eigenvalue weighted by Gasteiger charge is 2.29. The number of morpholine rings is 1. The van der Waals surface area contributed by atoms with Crippen LogP contribution >= 0.6 is 23.4 Å². The molecule has 0 N–H and O–H groups in total. The number of benzene rings is 1. The highest BCUT2D eigenvalue weighted by molar-refractivity contribution is 7.98. The molecule has 1 unspecified atom stereocenters. The molecule has 1 aromatic carbocycles. The predicted octanol–water partition coefficient (Wildman–Crippen LogP) is 3.67. The number of anilines is 1. The van der Waals surface area contributed by atoms with Gasteiger partial charge in [0, 0.05) is 43.6 Å². The van der Waals surface area contributed by atoms with E-state index in [0.29, 0.717) is 54.5 Å². The zero-order valence-electron chi connectivity index (χ0n) is 19.2. The Balaban J connectivity index is 1.39. The summed E-state index contributed by atoms with van der Waals surface area (Å²) in [5, 5.41) is 1.00. The van der Waals surface area contributed by atoms with Gasteiger partial charge in [0.15, 0.2) is 5.16 Å². The molecule has 34 heavy (non-hydrogen) atoms. The lowest BCUT2D eigenvalue weighted by atomic mass is 9.97. The lowest BCUT2D eigenvalue weighted by Crippen LogP contribution is -2.42. The largest absolute Gasteiger partial charge is 0.466 e. The average molecular weight is 505 g/mol. The highest BCUT2D eigenvalue weighted by Crippen LogP contribution is 2.26. The number of piperidine rings is 1. The van der Waals surface area contributed by atoms with Crippen molar-refractivity contribution in [3.05, 3.63) is 46.6 Å². The molecule has 0 saturated carbocycles. The highest BCUT2D eigenvalue weighted by atomic mass is 35.5. The zero-order valence-corrected chi connectivity index (χ0v) is 20.8. The van der Waals surface area contributed by atoms with E-state index in [0.717, 1.165) is 37.3 Å². The number of likely N-dealkylation sites (tertiary alicyclic amines) is 1. The van der Waals surface area contributed by atoms with E-state index < -0.39 is 0 Å². The molecule has 0 aliphatic carbocycles. The molecule has 4 rings (SSSR count). The van der Waals surface area contributed by atoms with Crippen molar-refractivity contribution in [3.63, 3.8) is 0 Å². The Labute approximate surface area is 209 Å². The minimum Gasteiger partial charge on any atom is -0.466 e. The van der Waals surface area contributed by atoms with E-state index in [1.807, 2.05) is 24.3 Å². The molecule has 182 valence electrons. The maximum Gasteiger partial charge on any atom is 0.310 e. The van der Waals surface area contributed by atoms with E-state index in [4.69, 9.17) is 21.1 Å². The first kappa shape index (κ1) is 24.8. The summed E-state index contributed by atoms with van der Waals surface area (Å²) in [7, 11) is 0. The maximum absolute atomic E-state index is 13.1. The van der Waals surface area contributed by atoms with Gasteiger partial charge in [0.05, 0.1) is 25.7 Å². The van der Waals surface area contributed by atoms with Crippen LogP contribution < -0.4 is 4.90 Å². The molecule has 8 nitrogen and oxygen atoms in total. The molecule has 2 aliphatic heterocycles. The van der Waals surface area contributed by atoms with E-state index in [1.54, 1.807) is 17.9 Å². The molecular formula is C24H29ClN4O4S. The van der Waals surface area contributed by atoms with E-state index >= 15 is 0 Å². The second-order valence-electron chi connectivity index (χ2n) is 8.26. The third-order valence-electron chi connectivity index (χ3n) is 5.87. The first-order valence-electron chi connectivity index (χ1n) is 11.6. The molecule has 0 spiro atoms. The van der Waals surface area contributed by atoms with Crippen molar-refractivity contribution in [2.45, 2.75) is 30.7 Å². The number of amides is 1. The van der Waals surface area contributed by atoms with Gasteiger partial charge in [-0.1, -0.05) is 35.5 Å². The van der Waals surface area contributed by atoms with E-state index in [2.05, 4.69) is 14.9 Å². The Morgan fingerprint density at radius 3 is 2.82 bits per heavy atom. The second kappa shape index (κ2) is 11.9. The normalized spacial score (nSPS) is 18.6. The fourth-order valence-electron chi connectivity index (χ4n) is 4.14. The summed E-state index contributed by atoms with van der Waals surface area (Å²) in [5.41, 5.74) is 1.61. The molecule has 2 saturated heterocycles. The number of aromatic nitrogens is 2. The van der Waals surface area contributed by atoms with Gasteiger partial charge >= 0.3 is 5.97 Å². The molecule has 0 radical (unpaired) electrons. The van der Waals surface area contributed by atoms with Crippen LogP contribution in [0.4, 0.5) is 5.82 Å². The van der Waals surface area contributed by atoms with Crippen LogP contribution in [-0.4, -0.2) is 72.7 Å². The number of hydrogen-bond donors (Lipinski definition) is 0. The lowest BCUT2D eigenvalue weighted by molar-refractivity contribution is -0.149. The minimum atomic E-state index is -0.253. The van der Waals surface area contributed by atoms with Crippen LogP contribution in [-0.2, 0) is 20.0 Å². The van der Waals surface area contributed by atoms with Gasteiger partial charge in [0.1, 0.15) is 11.0 Å². The molecule has 1 aromatic heterocycles. The van der Waals surface area contributed by atoms with Crippen LogP contribution in [0.2, 0.25) is 5.15 Å². The minimum absolute atomic E-state index is 0.0607. The fourth-order valence-corrected chi connectivity index (χ4v) is 5.17. The van der Waals surface area contributed by atoms with Crippen LogP contribution in [0.5, 0.6) is 0 Å². The standard InChI is InChI=1S/C24H29ClN4O4S/c1-2-33-23(31)19-7-4-8-29(15-19)22(30)18-6-3-5-17(13-18)16-34-24-26-20(25)14-21(27-24)28-9-11-32-12-10-28/h3,5-6,13-14,19H,2,4,7-12,15-16H2,1H3. The predicted molar refractivity (Wildman–Crippen MR) is 131 cm³/mol. The number of esters is 1. The van der Waals surface area contributed by atoms with E-state index in [1.165, 1.54) is 11.8 Å². The summed E-state index contributed by atoms with van der Waals surface area (Å²) in [6.07, 6.45) is 1.55. The number of hydrogen-bond acceptors (Lipinski definition) is 8. The van der Waals surface area contributed by atoms with Gasteiger partial charge in [0.2, 0.25) is 0 Å². The van der Waals surface area contributed by atoms with Crippen LogP contribution in [0.3, 0.4) is 0 Å². The van der Waals surface area contributed by atoms with Gasteiger partial charge in [-0.15, -0.1) is 0 Å². The topological polar surface area (TPSA) is 84.9 Å². The molecular weight excluding hydrogens is 476 g/mol. The van der Waals surface area contributed by atoms with Crippen molar-refractivity contribution in [1.82, 2.24) is 14.9 Å². The van der Waals surface area contributed by atoms with Crippen molar-refractivity contribution < 1.29 is 19.1 Å². The Kier molecular flexibility index (Phi) is 8.64. The first-order valence-corrected chi connectivity index (χ1v) is 12.9. The quantitative estimate of drug-likeness (QED) is 0.244. The number of ether oxygens (including phenoxy) is 2. The summed E-state index contributed by atoms with van der Waals surface area (Å²) in [6, 6.07) is 9.36. The average Bonchev–Trinajstić information content (AvgIpc) is 2.87. The molecule has 2 aliphatic rings. The van der Waals surface area contributed by atoms with Gasteiger partial charge in [-0.25, -0.2) is 9.97 Å². The Bertz CT molecular complexity index is 1020. The number of halogens is 1. The number of carbonyl (C=O) groups is 2. The zero-order chi connectivity index (χ0) is 23.9. The number of rotatable bonds is 7. The van der Waals surface area contributed by atoms with E-state index in [-0.39, 0.29) is 17.8 Å². The molecule has 10 heteroatoms. The Morgan fingerprint density at radius 1 is 1.21 bits per heavy atom. The van der Waals surface area contributed by atoms with Gasteiger partial charge < -0.3 is 19.3 Å². The maximum atomic E-state index is 13.1. The van der Waals surface area contributed by atoms with Crippen molar-refractivity contribution in [3.8, 4) is 0 Å². The molecule has 1 atom stereocenters. The second-order valence-corrected chi connectivity index (χ2v) is 9.59. The number of carbonyl (C=O) groups excluding carboxylic acids is 2. The van der Waals surface area contributed by atoms with Gasteiger partial charge in [-0.3, -0.25) is 9.59 Å². The van der Waals surface area contributed by atoms with Crippen molar-refractivity contribution >= 4 is 41.1 Å². The Morgan fingerprint density at radius 2 is 2.03 bits per heavy atom. The molecule has 0 bridgehead atoms. The van der Waals surface area contributed by atoms with Gasteiger partial charge in [-0.2, -0.15) is 0 Å². The number of nitrogens with zero attached hydrogens (tertiary/aromatic N) is 4. The van der Waals surface area contributed by atoms with Crippen LogP contribution in [0.1, 0.15) is 35.7 Å². The molecule has 2 fully saturated rings. The van der Waals surface area contributed by atoms with Gasteiger partial charge in [-0.05, 0) is 37.5 Å². The molecule has 2 aromatic rings. The van der Waals surface area contributed by atoms with Crippen LogP contribution in [0.25, 0.3) is 0 Å². The summed E-state index contributed by atoms with van der Waals surface area (Å²) in [4.78, 5) is 38.2. The fraction of sp³-hybridized carbons (Fsp3) is 0.500. The first-order chi connectivity index (χ1) is 16.5. The summed E-state index contributed by atoms with van der Waals surface area (Å²) in [5.74, 6) is 0.876. The smallest absolute Gasteiger partial charge is 0.310 e. The number of thioether (sulfide) groups is 1. The van der Waals surface area contributed by atoms with Crippen molar-refractivity contribution in [1.29, 1.82) is 0 Å². The Hall–Kier alpha value is -2.36. The van der Waals surface area contributed by atoms with Crippen LogP contribution in [0, 0.1) is 5.92 Å². The van der Waals surface area contributed by atoms with Crippen LogP contribution in [0.15, 0.2) is 35.5 Å². The SMILES string of the molecule is CCOC(=O)C1CCCN(C(=O)c2cccc(CSc3nc(Cl)cc(N4CCOCC4)n3)c2)C1. The summed E-state index contributed by atoms with van der Waals surface area (Å²) < 4.78 is 10.6. The lowest BCUT2D eigenvalue weighted by Gasteiger charge is -2.31. The third-order valence-corrected chi connectivity index (χ3v) is 6.98.